The van der Waals surface area contributed by atoms with Gasteiger partial charge in [-0.15, -0.1) is 0 Å². The van der Waals surface area contributed by atoms with E-state index in [0.29, 0.717) is 30.3 Å². The van der Waals surface area contributed by atoms with Crippen LogP contribution in [-0.2, 0) is 4.79 Å². The fourth-order valence-electron chi connectivity index (χ4n) is 1.93. The third-order valence-electron chi connectivity index (χ3n) is 2.99. The second kappa shape index (κ2) is 8.29. The van der Waals surface area contributed by atoms with Crippen molar-refractivity contribution in [2.75, 3.05) is 23.8 Å². The molecule has 2 N–H and O–H groups in total. The van der Waals surface area contributed by atoms with Crippen molar-refractivity contribution in [3.63, 3.8) is 0 Å². The number of benzene rings is 2. The number of carbonyl (C=O) groups is 1. The van der Waals surface area contributed by atoms with Gasteiger partial charge in [0.1, 0.15) is 5.75 Å². The summed E-state index contributed by atoms with van der Waals surface area (Å²) in [5.74, 6) is 0.760. The van der Waals surface area contributed by atoms with Gasteiger partial charge in [-0.1, -0.05) is 23.7 Å². The van der Waals surface area contributed by atoms with Crippen LogP contribution in [0.4, 0.5) is 11.4 Å². The molecule has 0 heterocycles. The average Bonchev–Trinajstić information content (AvgIpc) is 2.52. The van der Waals surface area contributed by atoms with Crippen molar-refractivity contribution in [1.82, 2.24) is 0 Å². The summed E-state index contributed by atoms with van der Waals surface area (Å²) >= 11 is 6.00. The number of hydrogen-bond acceptors (Lipinski definition) is 3. The second-order valence-corrected chi connectivity index (χ2v) is 5.07. The highest BCUT2D eigenvalue weighted by atomic mass is 35.5. The summed E-state index contributed by atoms with van der Waals surface area (Å²) in [5.41, 5.74) is 1.59. The number of nitrogens with one attached hydrogen (secondary N) is 2. The van der Waals surface area contributed by atoms with Gasteiger partial charge in [0.05, 0.1) is 17.3 Å². The van der Waals surface area contributed by atoms with Crippen LogP contribution in [0.5, 0.6) is 5.75 Å². The normalized spacial score (nSPS) is 10.1. The first kappa shape index (κ1) is 16.2. The molecule has 0 bridgehead atoms. The van der Waals surface area contributed by atoms with Crippen LogP contribution in [0.2, 0.25) is 5.02 Å². The zero-order chi connectivity index (χ0) is 15.8. The molecule has 4 nitrogen and oxygen atoms in total. The number of amides is 1. The van der Waals surface area contributed by atoms with Crippen LogP contribution in [0.1, 0.15) is 13.3 Å². The van der Waals surface area contributed by atoms with Gasteiger partial charge >= 0.3 is 0 Å². The smallest absolute Gasteiger partial charge is 0.226 e. The molecule has 5 heteroatoms. The zero-order valence-corrected chi connectivity index (χ0v) is 13.2. The van der Waals surface area contributed by atoms with Crippen LogP contribution in [-0.4, -0.2) is 19.1 Å². The third-order valence-corrected chi connectivity index (χ3v) is 3.32. The Labute approximate surface area is 135 Å². The molecule has 116 valence electrons. The number of hydrogen-bond donors (Lipinski definition) is 2. The van der Waals surface area contributed by atoms with Crippen molar-refractivity contribution in [3.8, 4) is 5.75 Å². The van der Waals surface area contributed by atoms with Crippen molar-refractivity contribution in [2.24, 2.45) is 0 Å². The van der Waals surface area contributed by atoms with Crippen LogP contribution in [0.25, 0.3) is 0 Å². The standard InChI is InChI=1S/C17H19ClN2O2/c1-2-22-14-9-7-13(8-10-14)19-12-11-17(21)20-16-6-4-3-5-15(16)18/h3-10,19H,2,11-12H2,1H3,(H,20,21). The first-order valence-corrected chi connectivity index (χ1v) is 7.58. The predicted octanol–water partition coefficient (Wildman–Crippen LogP) is 4.18. The lowest BCUT2D eigenvalue weighted by Gasteiger charge is -2.09. The molecule has 2 rings (SSSR count). The quantitative estimate of drug-likeness (QED) is 0.805. The minimum Gasteiger partial charge on any atom is -0.494 e. The molecule has 0 radical (unpaired) electrons. The number of rotatable bonds is 7. The number of para-hydroxylation sites is 1. The molecular formula is C17H19ClN2O2. The maximum absolute atomic E-state index is 11.9. The Hall–Kier alpha value is -2.20. The molecule has 0 aliphatic carbocycles. The minimum atomic E-state index is -0.0773. The molecule has 1 amide bonds. The van der Waals surface area contributed by atoms with E-state index in [2.05, 4.69) is 10.6 Å². The molecular weight excluding hydrogens is 300 g/mol. The van der Waals surface area contributed by atoms with Crippen LogP contribution in [0, 0.1) is 0 Å². The molecule has 0 unspecified atom stereocenters. The van der Waals surface area contributed by atoms with E-state index in [4.69, 9.17) is 16.3 Å². The highest BCUT2D eigenvalue weighted by molar-refractivity contribution is 6.33. The Balaban J connectivity index is 1.76. The van der Waals surface area contributed by atoms with Crippen LogP contribution >= 0.6 is 11.6 Å². The summed E-state index contributed by atoms with van der Waals surface area (Å²) < 4.78 is 5.38. The lowest BCUT2D eigenvalue weighted by Crippen LogP contribution is -2.16. The molecule has 0 fully saturated rings. The van der Waals surface area contributed by atoms with E-state index in [0.717, 1.165) is 11.4 Å². The summed E-state index contributed by atoms with van der Waals surface area (Å²) in [6, 6.07) is 14.8. The molecule has 2 aromatic carbocycles. The number of carbonyl (C=O) groups excluding carboxylic acids is 1. The summed E-state index contributed by atoms with van der Waals surface area (Å²) in [7, 11) is 0. The van der Waals surface area contributed by atoms with Gasteiger partial charge in [0.25, 0.3) is 0 Å². The molecule has 0 saturated carbocycles. The second-order valence-electron chi connectivity index (χ2n) is 4.66. The van der Waals surface area contributed by atoms with Gasteiger partial charge in [-0.05, 0) is 43.3 Å². The van der Waals surface area contributed by atoms with Gasteiger partial charge in [0, 0.05) is 18.7 Å². The summed E-state index contributed by atoms with van der Waals surface area (Å²) in [6.45, 7) is 3.14. The van der Waals surface area contributed by atoms with E-state index < -0.39 is 0 Å². The molecule has 0 spiro atoms. The van der Waals surface area contributed by atoms with Crippen LogP contribution < -0.4 is 15.4 Å². The lowest BCUT2D eigenvalue weighted by atomic mass is 10.3. The van der Waals surface area contributed by atoms with Crippen LogP contribution in [0.3, 0.4) is 0 Å². The van der Waals surface area contributed by atoms with Crippen molar-refractivity contribution in [2.45, 2.75) is 13.3 Å². The number of ether oxygens (including phenoxy) is 1. The van der Waals surface area contributed by atoms with Gasteiger partial charge in [0.15, 0.2) is 0 Å². The van der Waals surface area contributed by atoms with Gasteiger partial charge in [0.2, 0.25) is 5.91 Å². The van der Waals surface area contributed by atoms with E-state index in [9.17, 15) is 4.79 Å². The first-order valence-electron chi connectivity index (χ1n) is 7.20. The summed E-state index contributed by atoms with van der Waals surface area (Å²) in [6.07, 6.45) is 0.360. The molecule has 22 heavy (non-hydrogen) atoms. The predicted molar refractivity (Wildman–Crippen MR) is 90.8 cm³/mol. The zero-order valence-electron chi connectivity index (χ0n) is 12.4. The highest BCUT2D eigenvalue weighted by Crippen LogP contribution is 2.20. The maximum atomic E-state index is 11.9. The van der Waals surface area contributed by atoms with Crippen LogP contribution in [0.15, 0.2) is 48.5 Å². The van der Waals surface area contributed by atoms with Gasteiger partial charge in [-0.3, -0.25) is 4.79 Å². The molecule has 0 aliphatic heterocycles. The molecule has 0 aliphatic rings. The molecule has 0 atom stereocenters. The number of anilines is 2. The molecule has 0 saturated heterocycles. The van der Waals surface area contributed by atoms with Gasteiger partial charge in [-0.25, -0.2) is 0 Å². The highest BCUT2D eigenvalue weighted by Gasteiger charge is 2.05. The Morgan fingerprint density at radius 1 is 1.14 bits per heavy atom. The average molecular weight is 319 g/mol. The van der Waals surface area contributed by atoms with E-state index >= 15 is 0 Å². The Morgan fingerprint density at radius 3 is 2.55 bits per heavy atom. The fraction of sp³-hybridized carbons (Fsp3) is 0.235. The largest absolute Gasteiger partial charge is 0.494 e. The summed E-state index contributed by atoms with van der Waals surface area (Å²) in [4.78, 5) is 11.9. The molecule has 2 aromatic rings. The lowest BCUT2D eigenvalue weighted by molar-refractivity contribution is -0.115. The van der Waals surface area contributed by atoms with Gasteiger partial charge < -0.3 is 15.4 Å². The van der Waals surface area contributed by atoms with E-state index in [1.54, 1.807) is 12.1 Å². The Kier molecular flexibility index (Phi) is 6.10. The molecule has 0 aromatic heterocycles. The summed E-state index contributed by atoms with van der Waals surface area (Å²) in [5, 5.41) is 6.52. The van der Waals surface area contributed by atoms with Gasteiger partial charge in [-0.2, -0.15) is 0 Å². The fourth-order valence-corrected chi connectivity index (χ4v) is 2.11. The topological polar surface area (TPSA) is 50.4 Å². The number of halogens is 1. The SMILES string of the molecule is CCOc1ccc(NCCC(=O)Nc2ccccc2Cl)cc1. The Bertz CT molecular complexity index is 614. The third kappa shape index (κ3) is 4.97. The monoisotopic (exact) mass is 318 g/mol. The van der Waals surface area contributed by atoms with E-state index in [-0.39, 0.29) is 5.91 Å². The van der Waals surface area contributed by atoms with Crippen molar-refractivity contribution in [3.05, 3.63) is 53.6 Å². The first-order chi connectivity index (χ1) is 10.7. The minimum absolute atomic E-state index is 0.0773. The maximum Gasteiger partial charge on any atom is 0.226 e. The Morgan fingerprint density at radius 2 is 1.86 bits per heavy atom. The van der Waals surface area contributed by atoms with E-state index in [1.165, 1.54) is 0 Å². The van der Waals surface area contributed by atoms with Crippen molar-refractivity contribution >= 4 is 28.9 Å². The van der Waals surface area contributed by atoms with Crippen molar-refractivity contribution < 1.29 is 9.53 Å². The van der Waals surface area contributed by atoms with E-state index in [1.807, 2.05) is 43.3 Å². The van der Waals surface area contributed by atoms with Crippen molar-refractivity contribution in [1.29, 1.82) is 0 Å².